The van der Waals surface area contributed by atoms with E-state index in [9.17, 15) is 4.79 Å². The molecule has 0 aliphatic carbocycles. The van der Waals surface area contributed by atoms with Crippen molar-refractivity contribution >= 4 is 5.91 Å². The molecule has 1 aromatic heterocycles. The molecule has 0 saturated carbocycles. The fourth-order valence-electron chi connectivity index (χ4n) is 3.18. The molecule has 1 amide bonds. The number of amides is 1. The summed E-state index contributed by atoms with van der Waals surface area (Å²) in [4.78, 5) is 14.7. The van der Waals surface area contributed by atoms with Crippen molar-refractivity contribution in [2.45, 2.75) is 31.8 Å². The van der Waals surface area contributed by atoms with Crippen molar-refractivity contribution in [1.29, 1.82) is 0 Å². The van der Waals surface area contributed by atoms with Crippen molar-refractivity contribution in [2.75, 3.05) is 19.7 Å². The van der Waals surface area contributed by atoms with Crippen LogP contribution in [0.5, 0.6) is 0 Å². The van der Waals surface area contributed by atoms with Gasteiger partial charge in [-0.1, -0.05) is 37.3 Å². The van der Waals surface area contributed by atoms with Crippen molar-refractivity contribution in [1.82, 2.24) is 19.7 Å². The van der Waals surface area contributed by atoms with Gasteiger partial charge < -0.3 is 14.2 Å². The van der Waals surface area contributed by atoms with Crippen LogP contribution in [0.1, 0.15) is 43.2 Å². The molecule has 0 unspecified atom stereocenters. The molecule has 1 fully saturated rings. The van der Waals surface area contributed by atoms with E-state index in [1.165, 1.54) is 5.56 Å². The van der Waals surface area contributed by atoms with Crippen LogP contribution in [0.15, 0.2) is 36.7 Å². The fraction of sp³-hybridized carbons (Fsp3) is 0.500. The number of nitrogens with zero attached hydrogens (tertiary/aromatic N) is 4. The van der Waals surface area contributed by atoms with Crippen LogP contribution >= 0.6 is 0 Å². The fourth-order valence-corrected chi connectivity index (χ4v) is 3.18. The summed E-state index contributed by atoms with van der Waals surface area (Å²) in [5.41, 5.74) is 1.23. The van der Waals surface area contributed by atoms with E-state index in [4.69, 9.17) is 4.74 Å². The molecule has 24 heavy (non-hydrogen) atoms. The molecule has 2 atom stereocenters. The lowest BCUT2D eigenvalue weighted by molar-refractivity contribution is -0.139. The van der Waals surface area contributed by atoms with Crippen LogP contribution < -0.4 is 0 Å². The minimum Gasteiger partial charge on any atom is -0.366 e. The monoisotopic (exact) mass is 328 g/mol. The summed E-state index contributed by atoms with van der Waals surface area (Å²) in [5.74, 6) is 1.21. The van der Waals surface area contributed by atoms with Crippen LogP contribution in [0.3, 0.4) is 0 Å². The Hall–Kier alpha value is -2.21. The van der Waals surface area contributed by atoms with E-state index in [1.807, 2.05) is 34.7 Å². The average Bonchev–Trinajstić information content (AvgIpc) is 3.06. The summed E-state index contributed by atoms with van der Waals surface area (Å²) in [5, 5.41) is 8.01. The Bertz CT molecular complexity index is 671. The Balaban J connectivity index is 1.65. The van der Waals surface area contributed by atoms with Crippen LogP contribution in [0.4, 0.5) is 0 Å². The van der Waals surface area contributed by atoms with Gasteiger partial charge in [-0.05, 0) is 17.9 Å². The molecule has 0 spiro atoms. The number of rotatable bonds is 5. The number of carbonyl (C=O) groups is 1. The molecule has 1 aliphatic rings. The van der Waals surface area contributed by atoms with Crippen molar-refractivity contribution in [2.24, 2.45) is 7.05 Å². The normalized spacial score (nSPS) is 19.2. The largest absolute Gasteiger partial charge is 0.366 e. The maximum Gasteiger partial charge on any atom is 0.223 e. The molecule has 0 bridgehead atoms. The summed E-state index contributed by atoms with van der Waals surface area (Å²) >= 11 is 0. The standard InChI is InChI=1S/C18H24N4O2/c1-3-14(15-7-5-4-6-8-15)11-17(23)22-9-10-24-16(12-22)18-20-19-13-21(18)2/h4-8,13-14,16H,3,9-12H2,1-2H3/t14-,16-/m0/s1. The zero-order valence-corrected chi connectivity index (χ0v) is 14.3. The lowest BCUT2D eigenvalue weighted by atomic mass is 9.92. The lowest BCUT2D eigenvalue weighted by Crippen LogP contribution is -2.43. The van der Waals surface area contributed by atoms with E-state index in [2.05, 4.69) is 29.3 Å². The number of morpholine rings is 1. The average molecular weight is 328 g/mol. The molecule has 0 N–H and O–H groups in total. The van der Waals surface area contributed by atoms with E-state index in [0.717, 1.165) is 12.2 Å². The number of aryl methyl sites for hydroxylation is 1. The smallest absolute Gasteiger partial charge is 0.223 e. The quantitative estimate of drug-likeness (QED) is 0.845. The van der Waals surface area contributed by atoms with Crippen LogP contribution in [0.2, 0.25) is 0 Å². The van der Waals surface area contributed by atoms with Gasteiger partial charge >= 0.3 is 0 Å². The van der Waals surface area contributed by atoms with Gasteiger partial charge in [0, 0.05) is 20.0 Å². The molecule has 1 saturated heterocycles. The Labute approximate surface area is 142 Å². The molecule has 0 radical (unpaired) electrons. The first-order valence-corrected chi connectivity index (χ1v) is 8.47. The molecular weight excluding hydrogens is 304 g/mol. The van der Waals surface area contributed by atoms with Crippen molar-refractivity contribution in [3.8, 4) is 0 Å². The molecule has 6 heteroatoms. The Morgan fingerprint density at radius 1 is 1.38 bits per heavy atom. The molecular formula is C18H24N4O2. The van der Waals surface area contributed by atoms with Gasteiger partial charge in [0.25, 0.3) is 0 Å². The molecule has 1 aliphatic heterocycles. The third kappa shape index (κ3) is 3.64. The predicted molar refractivity (Wildman–Crippen MR) is 90.4 cm³/mol. The molecule has 128 valence electrons. The molecule has 6 nitrogen and oxygen atoms in total. The maximum absolute atomic E-state index is 12.8. The summed E-state index contributed by atoms with van der Waals surface area (Å²) in [6.07, 6.45) is 2.94. The minimum atomic E-state index is -0.202. The van der Waals surface area contributed by atoms with Crippen LogP contribution in [0.25, 0.3) is 0 Å². The van der Waals surface area contributed by atoms with Gasteiger partial charge in [-0.15, -0.1) is 10.2 Å². The third-order valence-electron chi connectivity index (χ3n) is 4.64. The highest BCUT2D eigenvalue weighted by Crippen LogP contribution is 2.26. The highest BCUT2D eigenvalue weighted by atomic mass is 16.5. The lowest BCUT2D eigenvalue weighted by Gasteiger charge is -2.33. The highest BCUT2D eigenvalue weighted by molar-refractivity contribution is 5.77. The van der Waals surface area contributed by atoms with Crippen LogP contribution in [-0.2, 0) is 16.6 Å². The van der Waals surface area contributed by atoms with Gasteiger partial charge in [-0.25, -0.2) is 0 Å². The molecule has 1 aromatic carbocycles. The summed E-state index contributed by atoms with van der Waals surface area (Å²) in [6, 6.07) is 10.3. The van der Waals surface area contributed by atoms with Gasteiger partial charge in [0.15, 0.2) is 5.82 Å². The first-order valence-electron chi connectivity index (χ1n) is 8.47. The summed E-state index contributed by atoms with van der Waals surface area (Å²) in [6.45, 7) is 3.84. The topological polar surface area (TPSA) is 60.3 Å². The predicted octanol–water partition coefficient (Wildman–Crippen LogP) is 2.30. The van der Waals surface area contributed by atoms with Gasteiger partial charge in [0.05, 0.1) is 13.2 Å². The number of aromatic nitrogens is 3. The van der Waals surface area contributed by atoms with E-state index < -0.39 is 0 Å². The Kier molecular flexibility index (Phi) is 5.25. The molecule has 3 rings (SSSR count). The Morgan fingerprint density at radius 2 is 2.17 bits per heavy atom. The zero-order valence-electron chi connectivity index (χ0n) is 14.3. The molecule has 2 heterocycles. The van der Waals surface area contributed by atoms with Crippen molar-refractivity contribution in [3.63, 3.8) is 0 Å². The summed E-state index contributed by atoms with van der Waals surface area (Å²) < 4.78 is 7.63. The van der Waals surface area contributed by atoms with E-state index in [1.54, 1.807) is 6.33 Å². The van der Waals surface area contributed by atoms with E-state index in [0.29, 0.717) is 26.1 Å². The first kappa shape index (κ1) is 16.6. The number of carbonyl (C=O) groups excluding carboxylic acids is 1. The SMILES string of the molecule is CC[C@@H](CC(=O)N1CCO[C@H](c2nncn2C)C1)c1ccccc1. The zero-order chi connectivity index (χ0) is 16.9. The van der Waals surface area contributed by atoms with Crippen molar-refractivity contribution in [3.05, 3.63) is 48.0 Å². The molecule has 2 aromatic rings. The first-order chi connectivity index (χ1) is 11.7. The second kappa shape index (κ2) is 7.57. The van der Waals surface area contributed by atoms with E-state index in [-0.39, 0.29) is 17.9 Å². The highest BCUT2D eigenvalue weighted by Gasteiger charge is 2.29. The summed E-state index contributed by atoms with van der Waals surface area (Å²) in [7, 11) is 1.89. The third-order valence-corrected chi connectivity index (χ3v) is 4.64. The number of ether oxygens (including phenoxy) is 1. The van der Waals surface area contributed by atoms with Gasteiger partial charge in [0.1, 0.15) is 12.4 Å². The van der Waals surface area contributed by atoms with Gasteiger partial charge in [0.2, 0.25) is 5.91 Å². The minimum absolute atomic E-state index is 0.182. The van der Waals surface area contributed by atoms with Crippen molar-refractivity contribution < 1.29 is 9.53 Å². The second-order valence-electron chi connectivity index (χ2n) is 6.22. The van der Waals surface area contributed by atoms with Crippen LogP contribution in [0, 0.1) is 0 Å². The number of benzene rings is 1. The van der Waals surface area contributed by atoms with Crippen LogP contribution in [-0.4, -0.2) is 45.3 Å². The maximum atomic E-state index is 12.8. The van der Waals surface area contributed by atoms with Gasteiger partial charge in [-0.2, -0.15) is 0 Å². The van der Waals surface area contributed by atoms with E-state index >= 15 is 0 Å². The number of hydrogen-bond donors (Lipinski definition) is 0. The Morgan fingerprint density at radius 3 is 2.83 bits per heavy atom. The number of hydrogen-bond acceptors (Lipinski definition) is 4. The second-order valence-corrected chi connectivity index (χ2v) is 6.22. The van der Waals surface area contributed by atoms with Gasteiger partial charge in [-0.3, -0.25) is 4.79 Å².